The molecule has 134 valence electrons. The number of allylic oxidation sites excluding steroid dienone is 1. The first-order chi connectivity index (χ1) is 11.9. The molecule has 0 aromatic rings. The fraction of sp³-hybridized carbons (Fsp3) is 0.800. The molecule has 0 aromatic heterocycles. The molecule has 4 nitrogen and oxygen atoms in total. The minimum Gasteiger partial charge on any atom is -0.494 e. The third-order valence-corrected chi connectivity index (χ3v) is 5.99. The van der Waals surface area contributed by atoms with Gasteiger partial charge >= 0.3 is 0 Å². The van der Waals surface area contributed by atoms with Gasteiger partial charge in [-0.05, 0) is 57.2 Å². The van der Waals surface area contributed by atoms with Gasteiger partial charge in [-0.15, -0.1) is 0 Å². The van der Waals surface area contributed by atoms with Gasteiger partial charge < -0.3 is 19.7 Å². The zero-order chi connectivity index (χ0) is 16.2. The molecule has 2 saturated heterocycles. The highest BCUT2D eigenvalue weighted by Gasteiger charge is 2.33. The molecule has 4 heteroatoms. The molecule has 0 radical (unpaired) electrons. The van der Waals surface area contributed by atoms with Crippen molar-refractivity contribution >= 4 is 0 Å². The van der Waals surface area contributed by atoms with Crippen LogP contribution in [0.4, 0.5) is 0 Å². The predicted molar refractivity (Wildman–Crippen MR) is 95.6 cm³/mol. The molecule has 2 unspecified atom stereocenters. The minimum absolute atomic E-state index is 0.439. The lowest BCUT2D eigenvalue weighted by molar-refractivity contribution is 0.0467. The van der Waals surface area contributed by atoms with Crippen LogP contribution in [0.2, 0.25) is 0 Å². The van der Waals surface area contributed by atoms with Crippen LogP contribution in [0.3, 0.4) is 0 Å². The summed E-state index contributed by atoms with van der Waals surface area (Å²) in [5, 5.41) is 3.76. The second-order valence-electron chi connectivity index (χ2n) is 7.70. The van der Waals surface area contributed by atoms with E-state index in [2.05, 4.69) is 22.4 Å². The normalized spacial score (nSPS) is 32.4. The van der Waals surface area contributed by atoms with Crippen molar-refractivity contribution in [1.82, 2.24) is 10.2 Å². The molecule has 0 bridgehead atoms. The standard InChI is InChI=1S/C20H32N2O2/c1-2-6-17(7-3-1)24-20-15-16(22-10-12-23-13-11-22)14-19-18(20)8-4-5-9-21-19/h14-15,17-19,21H,1-13H2. The predicted octanol–water partition coefficient (Wildman–Crippen LogP) is 3.21. The van der Waals surface area contributed by atoms with E-state index in [-0.39, 0.29) is 0 Å². The highest BCUT2D eigenvalue weighted by atomic mass is 16.5. The Labute approximate surface area is 146 Å². The fourth-order valence-corrected chi connectivity index (χ4v) is 4.57. The third-order valence-electron chi connectivity index (χ3n) is 5.99. The average molecular weight is 332 g/mol. The summed E-state index contributed by atoms with van der Waals surface area (Å²) >= 11 is 0. The molecule has 2 atom stereocenters. The van der Waals surface area contributed by atoms with Crippen molar-refractivity contribution in [3.63, 3.8) is 0 Å². The summed E-state index contributed by atoms with van der Waals surface area (Å²) < 4.78 is 12.1. The topological polar surface area (TPSA) is 33.7 Å². The number of rotatable bonds is 3. The second kappa shape index (κ2) is 7.92. The number of fused-ring (bicyclic) bond motifs is 1. The van der Waals surface area contributed by atoms with Gasteiger partial charge in [0.1, 0.15) is 5.76 Å². The maximum atomic E-state index is 6.60. The number of morpholine rings is 1. The van der Waals surface area contributed by atoms with E-state index in [9.17, 15) is 0 Å². The molecular formula is C20H32N2O2. The van der Waals surface area contributed by atoms with Crippen molar-refractivity contribution in [3.8, 4) is 0 Å². The summed E-state index contributed by atoms with van der Waals surface area (Å²) in [4.78, 5) is 2.47. The second-order valence-corrected chi connectivity index (χ2v) is 7.70. The van der Waals surface area contributed by atoms with Crippen LogP contribution in [0.15, 0.2) is 23.6 Å². The van der Waals surface area contributed by atoms with Crippen LogP contribution in [-0.4, -0.2) is 49.9 Å². The Balaban J connectivity index is 1.54. The van der Waals surface area contributed by atoms with Crippen molar-refractivity contribution in [2.75, 3.05) is 32.8 Å². The summed E-state index contributed by atoms with van der Waals surface area (Å²) in [6.45, 7) is 4.80. The maximum Gasteiger partial charge on any atom is 0.103 e. The van der Waals surface area contributed by atoms with Crippen LogP contribution < -0.4 is 5.32 Å². The van der Waals surface area contributed by atoms with Gasteiger partial charge in [0.15, 0.2) is 0 Å². The van der Waals surface area contributed by atoms with E-state index in [4.69, 9.17) is 9.47 Å². The molecule has 2 aliphatic carbocycles. The molecule has 2 heterocycles. The quantitative estimate of drug-likeness (QED) is 0.860. The lowest BCUT2D eigenvalue weighted by atomic mass is 9.87. The van der Waals surface area contributed by atoms with E-state index in [1.54, 1.807) is 0 Å². The first-order valence-electron chi connectivity index (χ1n) is 10.1. The van der Waals surface area contributed by atoms with Gasteiger partial charge in [0.05, 0.1) is 19.3 Å². The average Bonchev–Trinajstić information content (AvgIpc) is 2.89. The van der Waals surface area contributed by atoms with Crippen LogP contribution in [0.1, 0.15) is 51.4 Å². The van der Waals surface area contributed by atoms with Crippen LogP contribution >= 0.6 is 0 Å². The maximum absolute atomic E-state index is 6.60. The van der Waals surface area contributed by atoms with Gasteiger partial charge in [-0.3, -0.25) is 0 Å². The first-order valence-corrected chi connectivity index (χ1v) is 10.1. The van der Waals surface area contributed by atoms with E-state index < -0.39 is 0 Å². The Morgan fingerprint density at radius 2 is 1.79 bits per heavy atom. The van der Waals surface area contributed by atoms with E-state index in [1.165, 1.54) is 62.8 Å². The SMILES string of the molecule is C1=C(OC2CCCCC2)C2CCCCNC2C=C1N1CCOCC1. The molecule has 4 aliphatic rings. The molecule has 0 aromatic carbocycles. The van der Waals surface area contributed by atoms with E-state index in [1.807, 2.05) is 0 Å². The number of ether oxygens (including phenoxy) is 2. The van der Waals surface area contributed by atoms with Gasteiger partial charge in [0.2, 0.25) is 0 Å². The van der Waals surface area contributed by atoms with Crippen molar-refractivity contribution in [2.24, 2.45) is 5.92 Å². The number of hydrogen-bond donors (Lipinski definition) is 1. The van der Waals surface area contributed by atoms with Crippen LogP contribution in [-0.2, 0) is 9.47 Å². The van der Waals surface area contributed by atoms with Gasteiger partial charge in [-0.1, -0.05) is 12.8 Å². The van der Waals surface area contributed by atoms with Crippen LogP contribution in [0.25, 0.3) is 0 Å². The Hall–Kier alpha value is -1.00. The molecule has 1 saturated carbocycles. The fourth-order valence-electron chi connectivity index (χ4n) is 4.57. The van der Waals surface area contributed by atoms with E-state index in [0.717, 1.165) is 32.8 Å². The van der Waals surface area contributed by atoms with Gasteiger partial charge in [0.25, 0.3) is 0 Å². The zero-order valence-corrected chi connectivity index (χ0v) is 14.8. The highest BCUT2D eigenvalue weighted by Crippen LogP contribution is 2.35. The Morgan fingerprint density at radius 1 is 1.00 bits per heavy atom. The summed E-state index contributed by atoms with van der Waals surface area (Å²) in [5.41, 5.74) is 1.35. The molecule has 24 heavy (non-hydrogen) atoms. The van der Waals surface area contributed by atoms with Crippen molar-refractivity contribution < 1.29 is 9.47 Å². The molecule has 2 aliphatic heterocycles. The molecule has 4 rings (SSSR count). The Kier molecular flexibility index (Phi) is 5.43. The summed E-state index contributed by atoms with van der Waals surface area (Å²) in [6, 6.07) is 0.439. The number of nitrogens with one attached hydrogen (secondary N) is 1. The number of nitrogens with zero attached hydrogens (tertiary/aromatic N) is 1. The largest absolute Gasteiger partial charge is 0.494 e. The van der Waals surface area contributed by atoms with Gasteiger partial charge in [-0.2, -0.15) is 0 Å². The summed E-state index contributed by atoms with van der Waals surface area (Å²) in [7, 11) is 0. The summed E-state index contributed by atoms with van der Waals surface area (Å²) in [5.74, 6) is 1.78. The van der Waals surface area contributed by atoms with E-state index in [0.29, 0.717) is 18.1 Å². The van der Waals surface area contributed by atoms with Gasteiger partial charge in [-0.25, -0.2) is 0 Å². The zero-order valence-electron chi connectivity index (χ0n) is 14.8. The van der Waals surface area contributed by atoms with E-state index >= 15 is 0 Å². The minimum atomic E-state index is 0.439. The number of hydrogen-bond acceptors (Lipinski definition) is 4. The Bertz CT molecular complexity index is 476. The van der Waals surface area contributed by atoms with Crippen LogP contribution in [0, 0.1) is 5.92 Å². The van der Waals surface area contributed by atoms with Crippen molar-refractivity contribution in [3.05, 3.63) is 23.6 Å². The Morgan fingerprint density at radius 3 is 2.62 bits per heavy atom. The smallest absolute Gasteiger partial charge is 0.103 e. The van der Waals surface area contributed by atoms with Gasteiger partial charge in [0, 0.05) is 30.7 Å². The monoisotopic (exact) mass is 332 g/mol. The van der Waals surface area contributed by atoms with Crippen molar-refractivity contribution in [2.45, 2.75) is 63.5 Å². The molecule has 0 amide bonds. The van der Waals surface area contributed by atoms with Crippen molar-refractivity contribution in [1.29, 1.82) is 0 Å². The molecular weight excluding hydrogens is 300 g/mol. The lowest BCUT2D eigenvalue weighted by Gasteiger charge is -2.37. The summed E-state index contributed by atoms with van der Waals surface area (Å²) in [6.07, 6.45) is 15.6. The van der Waals surface area contributed by atoms with Crippen LogP contribution in [0.5, 0.6) is 0 Å². The molecule has 1 N–H and O–H groups in total. The molecule has 0 spiro atoms. The highest BCUT2D eigenvalue weighted by molar-refractivity contribution is 5.31. The third kappa shape index (κ3) is 3.80. The lowest BCUT2D eigenvalue weighted by Crippen LogP contribution is -2.41. The first kappa shape index (κ1) is 16.5. The molecule has 3 fully saturated rings.